The van der Waals surface area contributed by atoms with E-state index in [0.717, 1.165) is 59.0 Å². The molecule has 0 saturated heterocycles. The standard InChI is InChI=1S/C11H10BrN5.C9H11Cl2N4P/c12-9-7(17-11-15-5-6-16-11)1-2-8-10(9)14-4-3-13-8;10-6-3-5(15-16)4-7(11)8(6)14-9-12-1-2-13-9/h1-4H,5-6H2,(H2,15,16,17);3-4,15H,1-2,16H2,(H2,12,13,14). The van der Waals surface area contributed by atoms with E-state index in [-0.39, 0.29) is 0 Å². The zero-order valence-corrected chi connectivity index (χ0v) is 21.5. The van der Waals surface area contributed by atoms with Crippen molar-refractivity contribution in [1.29, 1.82) is 0 Å². The van der Waals surface area contributed by atoms with Gasteiger partial charge in [-0.15, -0.1) is 0 Å². The van der Waals surface area contributed by atoms with Gasteiger partial charge in [-0.3, -0.25) is 20.0 Å². The van der Waals surface area contributed by atoms with Crippen molar-refractivity contribution in [3.63, 3.8) is 0 Å². The van der Waals surface area contributed by atoms with Crippen LogP contribution in [-0.4, -0.2) is 48.1 Å². The number of guanidine groups is 2. The van der Waals surface area contributed by atoms with E-state index in [4.69, 9.17) is 23.2 Å². The Hall–Kier alpha value is -2.39. The highest BCUT2D eigenvalue weighted by molar-refractivity contribution is 9.10. The van der Waals surface area contributed by atoms with Crippen LogP contribution in [0.1, 0.15) is 0 Å². The lowest BCUT2D eigenvalue weighted by Crippen LogP contribution is -2.26. The molecule has 5 rings (SSSR count). The van der Waals surface area contributed by atoms with E-state index in [1.165, 1.54) is 0 Å². The highest BCUT2D eigenvalue weighted by Crippen LogP contribution is 2.34. The minimum absolute atomic E-state index is 0.550. The number of aliphatic imine (C=N–C) groups is 2. The number of halogens is 3. The number of aromatic nitrogens is 2. The average molecular weight is 569 g/mol. The zero-order chi connectivity index (χ0) is 23.2. The topological polar surface area (TPSA) is 111 Å². The normalized spacial score (nSPS) is 14.4. The molecule has 33 heavy (non-hydrogen) atoms. The van der Waals surface area contributed by atoms with Crippen LogP contribution in [0, 0.1) is 0 Å². The molecule has 1 atom stereocenters. The number of benzene rings is 2. The molecule has 0 amide bonds. The first kappa shape index (κ1) is 23.8. The summed E-state index contributed by atoms with van der Waals surface area (Å²) in [5, 5.41) is 16.6. The Morgan fingerprint density at radius 1 is 0.909 bits per heavy atom. The maximum atomic E-state index is 6.11. The van der Waals surface area contributed by atoms with Crippen LogP contribution in [0.2, 0.25) is 10.0 Å². The summed E-state index contributed by atoms with van der Waals surface area (Å²) >= 11 is 15.8. The van der Waals surface area contributed by atoms with Crippen molar-refractivity contribution >= 4 is 88.5 Å². The summed E-state index contributed by atoms with van der Waals surface area (Å²) in [5.74, 6) is 1.50. The Morgan fingerprint density at radius 2 is 1.55 bits per heavy atom. The fourth-order valence-corrected chi connectivity index (χ4v) is 4.37. The number of hydrogen-bond acceptors (Lipinski definition) is 9. The van der Waals surface area contributed by atoms with Gasteiger partial charge in [-0.1, -0.05) is 23.2 Å². The van der Waals surface area contributed by atoms with Crippen molar-refractivity contribution in [2.45, 2.75) is 0 Å². The Bertz CT molecular complexity index is 1200. The van der Waals surface area contributed by atoms with Crippen LogP contribution in [0.5, 0.6) is 0 Å². The molecule has 0 radical (unpaired) electrons. The van der Waals surface area contributed by atoms with E-state index in [0.29, 0.717) is 21.7 Å². The van der Waals surface area contributed by atoms with Gasteiger partial charge in [0.2, 0.25) is 0 Å². The SMILES string of the molecule is Brc1c(NC2=NCCN2)ccc2nccnc12.PNc1cc(Cl)c(NC2=NCCN2)c(Cl)c1. The molecule has 5 N–H and O–H groups in total. The second-order valence-electron chi connectivity index (χ2n) is 6.87. The monoisotopic (exact) mass is 567 g/mol. The fraction of sp³-hybridized carbons (Fsp3) is 0.200. The summed E-state index contributed by atoms with van der Waals surface area (Å²) in [6.45, 7) is 3.30. The van der Waals surface area contributed by atoms with Gasteiger partial charge in [0.25, 0.3) is 0 Å². The van der Waals surface area contributed by atoms with Gasteiger partial charge in [-0.2, -0.15) is 0 Å². The van der Waals surface area contributed by atoms with Gasteiger partial charge in [-0.05, 0) is 49.6 Å². The maximum absolute atomic E-state index is 6.11. The second kappa shape index (κ2) is 11.2. The Morgan fingerprint density at radius 3 is 2.15 bits per heavy atom. The van der Waals surface area contributed by atoms with Crippen LogP contribution >= 0.6 is 48.5 Å². The van der Waals surface area contributed by atoms with E-state index in [2.05, 4.69) is 71.6 Å². The molecule has 13 heteroatoms. The van der Waals surface area contributed by atoms with E-state index in [1.807, 2.05) is 12.1 Å². The third-order valence-electron chi connectivity index (χ3n) is 4.63. The predicted octanol–water partition coefficient (Wildman–Crippen LogP) is 4.33. The quantitative estimate of drug-likeness (QED) is 0.299. The van der Waals surface area contributed by atoms with Gasteiger partial charge < -0.3 is 26.4 Å². The Labute approximate surface area is 211 Å². The molecule has 0 saturated carbocycles. The molecule has 0 aliphatic carbocycles. The summed E-state index contributed by atoms with van der Waals surface area (Å²) in [4.78, 5) is 17.1. The molecular formula is C20H21BrCl2N9P. The molecule has 3 heterocycles. The molecule has 0 fully saturated rings. The van der Waals surface area contributed by atoms with Crippen LogP contribution in [0.15, 0.2) is 51.1 Å². The van der Waals surface area contributed by atoms with E-state index in [1.54, 1.807) is 24.5 Å². The lowest BCUT2D eigenvalue weighted by molar-refractivity contribution is 0.959. The summed E-state index contributed by atoms with van der Waals surface area (Å²) in [6.07, 6.45) is 3.37. The fourth-order valence-electron chi connectivity index (χ4n) is 3.08. The summed E-state index contributed by atoms with van der Waals surface area (Å²) in [6, 6.07) is 7.48. The Kier molecular flexibility index (Phi) is 8.03. The van der Waals surface area contributed by atoms with Gasteiger partial charge in [-0.25, -0.2) is 0 Å². The van der Waals surface area contributed by atoms with E-state index < -0.39 is 0 Å². The number of rotatable bonds is 3. The molecule has 1 unspecified atom stereocenters. The van der Waals surface area contributed by atoms with Gasteiger partial charge in [0.1, 0.15) is 5.52 Å². The van der Waals surface area contributed by atoms with Crippen molar-refractivity contribution in [1.82, 2.24) is 20.6 Å². The van der Waals surface area contributed by atoms with Crippen molar-refractivity contribution in [2.24, 2.45) is 9.98 Å². The van der Waals surface area contributed by atoms with Crippen molar-refractivity contribution < 1.29 is 0 Å². The maximum Gasteiger partial charge on any atom is 0.196 e. The first-order chi connectivity index (χ1) is 16.0. The molecular weight excluding hydrogens is 548 g/mol. The van der Waals surface area contributed by atoms with Gasteiger partial charge >= 0.3 is 0 Å². The lowest BCUT2D eigenvalue weighted by atomic mass is 10.2. The minimum atomic E-state index is 0.550. The average Bonchev–Trinajstić information content (AvgIpc) is 3.53. The first-order valence-corrected chi connectivity index (χ1v) is 12.1. The summed E-state index contributed by atoms with van der Waals surface area (Å²) < 4.78 is 0.902. The van der Waals surface area contributed by atoms with Crippen LogP contribution in [0.3, 0.4) is 0 Å². The number of nitrogens with one attached hydrogen (secondary N) is 5. The molecule has 172 valence electrons. The largest absolute Gasteiger partial charge is 0.369 e. The van der Waals surface area contributed by atoms with Crippen molar-refractivity contribution in [3.8, 4) is 0 Å². The van der Waals surface area contributed by atoms with Gasteiger partial charge in [0.05, 0.1) is 44.5 Å². The van der Waals surface area contributed by atoms with Crippen molar-refractivity contribution in [3.05, 3.63) is 51.2 Å². The predicted molar refractivity (Wildman–Crippen MR) is 145 cm³/mol. The highest BCUT2D eigenvalue weighted by atomic mass is 79.9. The molecule has 0 bridgehead atoms. The molecule has 9 nitrogen and oxygen atoms in total. The molecule has 2 aromatic carbocycles. The third-order valence-corrected chi connectivity index (χ3v) is 6.36. The molecule has 3 aromatic rings. The lowest BCUT2D eigenvalue weighted by Gasteiger charge is -2.12. The first-order valence-electron chi connectivity index (χ1n) is 10.0. The van der Waals surface area contributed by atoms with Crippen molar-refractivity contribution in [2.75, 3.05) is 41.9 Å². The molecule has 0 spiro atoms. The third kappa shape index (κ3) is 5.95. The van der Waals surface area contributed by atoms with Crippen LogP contribution < -0.4 is 26.4 Å². The second-order valence-corrected chi connectivity index (χ2v) is 8.77. The van der Waals surface area contributed by atoms with Gasteiger partial charge in [0, 0.05) is 31.2 Å². The summed E-state index contributed by atoms with van der Waals surface area (Å²) in [7, 11) is 2.39. The van der Waals surface area contributed by atoms with Crippen LogP contribution in [-0.2, 0) is 0 Å². The molecule has 2 aliphatic rings. The number of anilines is 3. The van der Waals surface area contributed by atoms with E-state index >= 15 is 0 Å². The van der Waals surface area contributed by atoms with E-state index in [9.17, 15) is 0 Å². The van der Waals surface area contributed by atoms with Gasteiger partial charge in [0.15, 0.2) is 11.9 Å². The molecule has 2 aliphatic heterocycles. The summed E-state index contributed by atoms with van der Waals surface area (Å²) in [5.41, 5.74) is 4.15. The number of hydrogen-bond donors (Lipinski definition) is 5. The number of fused-ring (bicyclic) bond motifs is 1. The van der Waals surface area contributed by atoms with Crippen LogP contribution in [0.4, 0.5) is 17.1 Å². The number of nitrogens with zero attached hydrogens (tertiary/aromatic N) is 4. The highest BCUT2D eigenvalue weighted by Gasteiger charge is 2.12. The minimum Gasteiger partial charge on any atom is -0.369 e. The Balaban J connectivity index is 0.000000157. The van der Waals surface area contributed by atoms with Crippen LogP contribution in [0.25, 0.3) is 11.0 Å². The zero-order valence-electron chi connectivity index (χ0n) is 17.3. The molecule has 1 aromatic heterocycles. The smallest absolute Gasteiger partial charge is 0.196 e.